The van der Waals surface area contributed by atoms with Crippen molar-refractivity contribution in [2.45, 2.75) is 31.5 Å². The van der Waals surface area contributed by atoms with E-state index in [-0.39, 0.29) is 6.92 Å². The normalized spacial score (nSPS) is 15.3. The number of rotatable bonds is 5. The van der Waals surface area contributed by atoms with E-state index in [9.17, 15) is 35.2 Å². The minimum Gasteiger partial charge on any atom is -0.446 e. The SMILES string of the molecule is CC(F)(F)C(OC(=O)CCS(=O)(=O)O)C(F)(F)F. The van der Waals surface area contributed by atoms with E-state index in [1.165, 1.54) is 0 Å². The summed E-state index contributed by atoms with van der Waals surface area (Å²) in [6.07, 6.45) is -10.3. The fourth-order valence-corrected chi connectivity index (χ4v) is 1.28. The van der Waals surface area contributed by atoms with Gasteiger partial charge in [-0.25, -0.2) is 8.78 Å². The molecular weight excluding hydrogens is 291 g/mol. The molecule has 5 nitrogen and oxygen atoms in total. The highest BCUT2D eigenvalue weighted by atomic mass is 32.2. The molecule has 0 aliphatic heterocycles. The molecular formula is C7H9F5O5S. The van der Waals surface area contributed by atoms with Gasteiger partial charge in [0.05, 0.1) is 12.2 Å². The van der Waals surface area contributed by atoms with Gasteiger partial charge in [0.2, 0.25) is 0 Å². The standard InChI is InChI=1S/C7H9F5O5S/c1-6(8,9)5(7(10,11)12)17-4(13)2-3-18(14,15)16/h5H,2-3H2,1H3,(H,14,15,16). The average Bonchev–Trinajstić information content (AvgIpc) is 2.05. The Kier molecular flexibility index (Phi) is 5.06. The van der Waals surface area contributed by atoms with Crippen LogP contribution in [0.25, 0.3) is 0 Å². The second kappa shape index (κ2) is 5.34. The summed E-state index contributed by atoms with van der Waals surface area (Å²) in [5.74, 6) is -7.39. The van der Waals surface area contributed by atoms with Gasteiger partial charge in [-0.15, -0.1) is 0 Å². The van der Waals surface area contributed by atoms with Crippen LogP contribution in [-0.2, 0) is 19.6 Å². The average molecular weight is 300 g/mol. The van der Waals surface area contributed by atoms with Crippen molar-refractivity contribution >= 4 is 16.1 Å². The van der Waals surface area contributed by atoms with E-state index in [1.54, 1.807) is 0 Å². The monoisotopic (exact) mass is 300 g/mol. The Labute approximate surface area is 98.7 Å². The van der Waals surface area contributed by atoms with E-state index in [1.807, 2.05) is 0 Å². The van der Waals surface area contributed by atoms with Gasteiger partial charge < -0.3 is 4.74 Å². The van der Waals surface area contributed by atoms with Crippen molar-refractivity contribution < 1.29 is 44.5 Å². The van der Waals surface area contributed by atoms with Gasteiger partial charge in [0.15, 0.2) is 0 Å². The molecule has 0 aromatic rings. The second-order valence-corrected chi connectivity index (χ2v) is 4.98. The molecule has 1 unspecified atom stereocenters. The van der Waals surface area contributed by atoms with Crippen molar-refractivity contribution in [2.24, 2.45) is 0 Å². The third-order valence-corrected chi connectivity index (χ3v) is 2.29. The fraction of sp³-hybridized carbons (Fsp3) is 0.857. The number of ether oxygens (including phenoxy) is 1. The Bertz CT molecular complexity index is 381. The maximum Gasteiger partial charge on any atom is 0.431 e. The van der Waals surface area contributed by atoms with Crippen LogP contribution in [0.15, 0.2) is 0 Å². The first kappa shape index (κ1) is 17.0. The van der Waals surface area contributed by atoms with Crippen LogP contribution in [0.5, 0.6) is 0 Å². The van der Waals surface area contributed by atoms with Gasteiger partial charge in [-0.2, -0.15) is 21.6 Å². The molecule has 0 aliphatic carbocycles. The zero-order valence-electron chi connectivity index (χ0n) is 8.87. The lowest BCUT2D eigenvalue weighted by atomic mass is 10.2. The molecule has 0 amide bonds. The first-order valence-corrected chi connectivity index (χ1v) is 5.93. The molecule has 108 valence electrons. The summed E-state index contributed by atoms with van der Waals surface area (Å²) < 4.78 is 93.6. The van der Waals surface area contributed by atoms with Crippen LogP contribution in [-0.4, -0.2) is 42.9 Å². The highest BCUT2D eigenvalue weighted by Gasteiger charge is 2.56. The number of halogens is 5. The molecule has 0 bridgehead atoms. The Morgan fingerprint density at radius 2 is 1.72 bits per heavy atom. The molecule has 11 heteroatoms. The highest BCUT2D eigenvalue weighted by Crippen LogP contribution is 2.34. The van der Waals surface area contributed by atoms with Gasteiger partial charge in [0, 0.05) is 6.92 Å². The summed E-state index contributed by atoms with van der Waals surface area (Å²) in [4.78, 5) is 10.8. The first-order chi connectivity index (χ1) is 7.73. The number of alkyl halides is 5. The topological polar surface area (TPSA) is 80.7 Å². The molecule has 1 N–H and O–H groups in total. The Morgan fingerprint density at radius 1 is 1.28 bits per heavy atom. The summed E-state index contributed by atoms with van der Waals surface area (Å²) in [6, 6.07) is 0. The van der Waals surface area contributed by atoms with E-state index in [4.69, 9.17) is 4.55 Å². The maximum atomic E-state index is 12.6. The van der Waals surface area contributed by atoms with Crippen LogP contribution >= 0.6 is 0 Å². The zero-order valence-corrected chi connectivity index (χ0v) is 9.69. The first-order valence-electron chi connectivity index (χ1n) is 4.32. The summed E-state index contributed by atoms with van der Waals surface area (Å²) >= 11 is 0. The summed E-state index contributed by atoms with van der Waals surface area (Å²) in [7, 11) is -4.60. The second-order valence-electron chi connectivity index (χ2n) is 3.40. The van der Waals surface area contributed by atoms with E-state index in [2.05, 4.69) is 4.74 Å². The largest absolute Gasteiger partial charge is 0.446 e. The Balaban J connectivity index is 4.68. The van der Waals surface area contributed by atoms with E-state index < -0.39 is 46.5 Å². The number of carbonyl (C=O) groups excluding carboxylic acids is 1. The molecule has 1 atom stereocenters. The van der Waals surface area contributed by atoms with E-state index >= 15 is 0 Å². The van der Waals surface area contributed by atoms with Crippen molar-refractivity contribution in [1.29, 1.82) is 0 Å². The van der Waals surface area contributed by atoms with Crippen LogP contribution in [0, 0.1) is 0 Å². The Morgan fingerprint density at radius 3 is 2.00 bits per heavy atom. The van der Waals surface area contributed by atoms with Crippen molar-refractivity contribution in [2.75, 3.05) is 5.75 Å². The summed E-state index contributed by atoms with van der Waals surface area (Å²) in [5, 5.41) is 0. The van der Waals surface area contributed by atoms with Crippen molar-refractivity contribution in [3.63, 3.8) is 0 Å². The Hall–Kier alpha value is -0.970. The molecule has 0 saturated heterocycles. The quantitative estimate of drug-likeness (QED) is 0.471. The zero-order chi connectivity index (χ0) is 14.8. The highest BCUT2D eigenvalue weighted by molar-refractivity contribution is 7.85. The molecule has 0 saturated carbocycles. The lowest BCUT2D eigenvalue weighted by Gasteiger charge is -2.25. The van der Waals surface area contributed by atoms with Crippen LogP contribution < -0.4 is 0 Å². The minimum absolute atomic E-state index is 0.0960. The van der Waals surface area contributed by atoms with Crippen LogP contribution in [0.4, 0.5) is 22.0 Å². The predicted octanol–water partition coefficient (Wildman–Crippen LogP) is 1.39. The molecule has 0 rings (SSSR count). The molecule has 18 heavy (non-hydrogen) atoms. The van der Waals surface area contributed by atoms with Gasteiger partial charge in [-0.05, 0) is 0 Å². The number of hydrogen-bond acceptors (Lipinski definition) is 4. The molecule has 0 radical (unpaired) electrons. The number of carbonyl (C=O) groups is 1. The fourth-order valence-electron chi connectivity index (χ4n) is 0.860. The molecule has 0 spiro atoms. The molecule has 0 aromatic carbocycles. The summed E-state index contributed by atoms with van der Waals surface area (Å²) in [6.45, 7) is -0.0960. The van der Waals surface area contributed by atoms with Crippen molar-refractivity contribution in [3.8, 4) is 0 Å². The smallest absolute Gasteiger partial charge is 0.431 e. The lowest BCUT2D eigenvalue weighted by molar-refractivity contribution is -0.273. The molecule has 0 fully saturated rings. The summed E-state index contributed by atoms with van der Waals surface area (Å²) in [5.41, 5.74) is 0. The van der Waals surface area contributed by atoms with E-state index in [0.717, 1.165) is 0 Å². The van der Waals surface area contributed by atoms with E-state index in [0.29, 0.717) is 0 Å². The van der Waals surface area contributed by atoms with Gasteiger partial charge in [-0.3, -0.25) is 9.35 Å². The van der Waals surface area contributed by atoms with Crippen LogP contribution in [0.1, 0.15) is 13.3 Å². The van der Waals surface area contributed by atoms with Crippen LogP contribution in [0.3, 0.4) is 0 Å². The number of hydrogen-bond donors (Lipinski definition) is 1. The van der Waals surface area contributed by atoms with Crippen molar-refractivity contribution in [1.82, 2.24) is 0 Å². The molecule has 0 aliphatic rings. The number of esters is 1. The predicted molar refractivity (Wildman–Crippen MR) is 47.6 cm³/mol. The molecule has 0 aromatic heterocycles. The minimum atomic E-state index is -5.49. The third-order valence-electron chi connectivity index (χ3n) is 1.57. The van der Waals surface area contributed by atoms with Crippen LogP contribution in [0.2, 0.25) is 0 Å². The van der Waals surface area contributed by atoms with Gasteiger partial charge in [-0.1, -0.05) is 0 Å². The van der Waals surface area contributed by atoms with Gasteiger partial charge in [0.1, 0.15) is 0 Å². The third kappa shape index (κ3) is 6.69. The maximum absolute atomic E-state index is 12.6. The van der Waals surface area contributed by atoms with Gasteiger partial charge in [0.25, 0.3) is 22.1 Å². The van der Waals surface area contributed by atoms with Crippen molar-refractivity contribution in [3.05, 3.63) is 0 Å². The lowest BCUT2D eigenvalue weighted by Crippen LogP contribution is -2.46. The van der Waals surface area contributed by atoms with Gasteiger partial charge >= 0.3 is 12.1 Å². The molecule has 0 heterocycles.